The van der Waals surface area contributed by atoms with E-state index in [4.69, 9.17) is 28.3 Å². The molecule has 1 aliphatic heterocycles. The molecule has 1 aromatic rings. The van der Waals surface area contributed by atoms with Gasteiger partial charge in [0, 0.05) is 35.4 Å². The Bertz CT molecular complexity index is 1220. The smallest absolute Gasteiger partial charge is 0.240 e. The number of hydrogen-bond donors (Lipinski definition) is 0. The second-order valence-corrected chi connectivity index (χ2v) is 12.9. The number of hydrazone groups is 1. The average Bonchev–Trinajstić information content (AvgIpc) is 3.43. The molecule has 6 heteroatoms. The van der Waals surface area contributed by atoms with E-state index in [1.807, 2.05) is 24.3 Å². The molecule has 0 bridgehead atoms. The highest BCUT2D eigenvalue weighted by Gasteiger charge is 2.60. The zero-order chi connectivity index (χ0) is 25.4. The lowest BCUT2D eigenvalue weighted by molar-refractivity contribution is -0.130. The molecule has 0 saturated heterocycles. The number of carbonyl (C=O) groups is 2. The van der Waals surface area contributed by atoms with Crippen molar-refractivity contribution in [2.24, 2.45) is 39.6 Å². The fraction of sp³-hybridized carbons (Fsp3) is 0.567. The van der Waals surface area contributed by atoms with Crippen LogP contribution in [0.1, 0.15) is 77.3 Å². The molecule has 0 aromatic heterocycles. The van der Waals surface area contributed by atoms with Crippen LogP contribution in [0.5, 0.6) is 0 Å². The van der Waals surface area contributed by atoms with Crippen molar-refractivity contribution in [2.45, 2.75) is 71.8 Å². The van der Waals surface area contributed by atoms with Crippen LogP contribution in [0.25, 0.3) is 0 Å². The molecular formula is C30H34Cl2N2O2. The maximum atomic E-state index is 12.6. The Morgan fingerprint density at radius 3 is 2.53 bits per heavy atom. The third kappa shape index (κ3) is 3.50. The molecule has 190 valence electrons. The predicted molar refractivity (Wildman–Crippen MR) is 144 cm³/mol. The van der Waals surface area contributed by atoms with E-state index >= 15 is 0 Å². The van der Waals surface area contributed by atoms with Gasteiger partial charge in [-0.15, -0.1) is 0 Å². The van der Waals surface area contributed by atoms with Gasteiger partial charge in [-0.2, -0.15) is 5.10 Å². The number of nitrogens with zero attached hydrogens (tertiary/aromatic N) is 2. The molecule has 5 aliphatic rings. The summed E-state index contributed by atoms with van der Waals surface area (Å²) in [5.74, 6) is 2.14. The Morgan fingerprint density at radius 2 is 1.81 bits per heavy atom. The molecule has 3 fully saturated rings. The van der Waals surface area contributed by atoms with Gasteiger partial charge in [0.1, 0.15) is 0 Å². The van der Waals surface area contributed by atoms with Crippen LogP contribution in [0.15, 0.2) is 52.1 Å². The molecule has 6 rings (SSSR count). The van der Waals surface area contributed by atoms with E-state index < -0.39 is 0 Å². The van der Waals surface area contributed by atoms with Gasteiger partial charge in [-0.25, -0.2) is 5.01 Å². The highest BCUT2D eigenvalue weighted by molar-refractivity contribution is 6.45. The minimum atomic E-state index is -0.108. The number of hydrogen-bond acceptors (Lipinski definition) is 3. The van der Waals surface area contributed by atoms with E-state index in [0.29, 0.717) is 33.7 Å². The van der Waals surface area contributed by atoms with Crippen LogP contribution in [0, 0.1) is 34.5 Å². The SMILES string of the molecule is CC(=O)N1N=C(C2CCC3C4CCC5=C(Cl)C(=O)C=C[C@]5(C)C4CC[C@]23C)CC1c1ccc(Cl)cc1. The van der Waals surface area contributed by atoms with E-state index in [1.54, 1.807) is 18.0 Å². The van der Waals surface area contributed by atoms with Crippen LogP contribution in [0.2, 0.25) is 5.02 Å². The zero-order valence-corrected chi connectivity index (χ0v) is 22.8. The lowest BCUT2D eigenvalue weighted by Crippen LogP contribution is -2.50. The number of ketones is 1. The van der Waals surface area contributed by atoms with Crippen LogP contribution in [-0.4, -0.2) is 22.4 Å². The van der Waals surface area contributed by atoms with Crippen molar-refractivity contribution in [1.29, 1.82) is 0 Å². The van der Waals surface area contributed by atoms with Crippen molar-refractivity contribution >= 4 is 40.6 Å². The van der Waals surface area contributed by atoms with Crippen molar-refractivity contribution in [1.82, 2.24) is 5.01 Å². The average molecular weight is 526 g/mol. The predicted octanol–water partition coefficient (Wildman–Crippen LogP) is 7.48. The van der Waals surface area contributed by atoms with Crippen molar-refractivity contribution in [3.63, 3.8) is 0 Å². The van der Waals surface area contributed by atoms with Crippen LogP contribution < -0.4 is 0 Å². The van der Waals surface area contributed by atoms with E-state index in [-0.39, 0.29) is 28.6 Å². The highest BCUT2D eigenvalue weighted by atomic mass is 35.5. The minimum absolute atomic E-state index is 0.0107. The second kappa shape index (κ2) is 8.56. The summed E-state index contributed by atoms with van der Waals surface area (Å²) in [4.78, 5) is 24.8. The quantitative estimate of drug-likeness (QED) is 0.402. The lowest BCUT2D eigenvalue weighted by Gasteiger charge is -2.57. The first kappa shape index (κ1) is 24.4. The number of amides is 1. The Hall–Kier alpha value is -1.91. The molecule has 7 atom stereocenters. The number of fused-ring (bicyclic) bond motifs is 5. The summed E-state index contributed by atoms with van der Waals surface area (Å²) in [6.45, 7) is 6.41. The number of carbonyl (C=O) groups excluding carboxylic acids is 2. The maximum absolute atomic E-state index is 12.6. The monoisotopic (exact) mass is 524 g/mol. The molecule has 0 spiro atoms. The normalized spacial score (nSPS) is 39.6. The van der Waals surface area contributed by atoms with Gasteiger partial charge in [-0.05, 0) is 91.0 Å². The lowest BCUT2D eigenvalue weighted by atomic mass is 9.47. The third-order valence-electron chi connectivity index (χ3n) is 10.6. The second-order valence-electron chi connectivity index (χ2n) is 12.1. The molecule has 4 nitrogen and oxygen atoms in total. The van der Waals surface area contributed by atoms with Crippen molar-refractivity contribution in [3.8, 4) is 0 Å². The Morgan fingerprint density at radius 1 is 1.06 bits per heavy atom. The van der Waals surface area contributed by atoms with E-state index in [2.05, 4.69) is 19.9 Å². The summed E-state index contributed by atoms with van der Waals surface area (Å²) in [6.07, 6.45) is 11.3. The number of benzene rings is 1. The summed E-state index contributed by atoms with van der Waals surface area (Å²) in [5.41, 5.74) is 3.53. The molecule has 0 radical (unpaired) electrons. The standard InChI is InChI=1S/C30H34Cl2N2O2/c1-17(35)34-26(18-4-6-19(31)7-5-18)16-25(33-34)23-11-10-21-20-8-9-24-28(32)27(36)13-15-30(24,3)22(20)12-14-29(21,23)2/h4-7,13,15,20-23,26H,8-12,14,16H2,1-3H3/t20?,21?,22?,23?,26?,29-,30+/m0/s1. The van der Waals surface area contributed by atoms with Gasteiger partial charge in [0.05, 0.1) is 11.1 Å². The largest absolute Gasteiger partial charge is 0.288 e. The zero-order valence-electron chi connectivity index (χ0n) is 21.3. The Labute approximate surface area is 223 Å². The van der Waals surface area contributed by atoms with Gasteiger partial charge >= 0.3 is 0 Å². The molecular weight excluding hydrogens is 491 g/mol. The fourth-order valence-electron chi connectivity index (χ4n) is 8.81. The van der Waals surface area contributed by atoms with Crippen LogP contribution in [0.4, 0.5) is 0 Å². The van der Waals surface area contributed by atoms with Gasteiger partial charge in [-0.1, -0.05) is 55.3 Å². The summed E-state index contributed by atoms with van der Waals surface area (Å²) in [5, 5.41) is 7.85. The number of rotatable bonds is 2. The summed E-state index contributed by atoms with van der Waals surface area (Å²) >= 11 is 12.7. The summed E-state index contributed by atoms with van der Waals surface area (Å²) in [7, 11) is 0. The van der Waals surface area contributed by atoms with Crippen LogP contribution in [0.3, 0.4) is 0 Å². The van der Waals surface area contributed by atoms with Gasteiger partial charge in [-0.3, -0.25) is 9.59 Å². The van der Waals surface area contributed by atoms with Gasteiger partial charge in [0.25, 0.3) is 0 Å². The topological polar surface area (TPSA) is 49.7 Å². The van der Waals surface area contributed by atoms with E-state index in [0.717, 1.165) is 44.1 Å². The van der Waals surface area contributed by atoms with Gasteiger partial charge in [0.15, 0.2) is 5.78 Å². The first-order valence-electron chi connectivity index (χ1n) is 13.4. The van der Waals surface area contributed by atoms with Gasteiger partial charge in [0.2, 0.25) is 5.91 Å². The first-order chi connectivity index (χ1) is 17.1. The van der Waals surface area contributed by atoms with E-state index in [9.17, 15) is 9.59 Å². The van der Waals surface area contributed by atoms with E-state index in [1.165, 1.54) is 17.7 Å². The minimum Gasteiger partial charge on any atom is -0.288 e. The van der Waals surface area contributed by atoms with Crippen molar-refractivity contribution in [2.75, 3.05) is 0 Å². The molecule has 0 N–H and O–H groups in total. The molecule has 1 amide bonds. The van der Waals surface area contributed by atoms with Gasteiger partial charge < -0.3 is 0 Å². The third-order valence-corrected chi connectivity index (χ3v) is 11.2. The summed E-state index contributed by atoms with van der Waals surface area (Å²) in [6, 6.07) is 7.78. The molecule has 5 unspecified atom stereocenters. The first-order valence-corrected chi connectivity index (χ1v) is 14.1. The molecule has 1 aromatic carbocycles. The number of halogens is 2. The fourth-order valence-corrected chi connectivity index (χ4v) is 9.29. The number of allylic oxidation sites excluding steroid dienone is 4. The molecule has 1 heterocycles. The highest BCUT2D eigenvalue weighted by Crippen LogP contribution is 2.67. The Balaban J connectivity index is 1.28. The molecule has 4 aliphatic carbocycles. The Kier molecular flexibility index (Phi) is 5.81. The van der Waals surface area contributed by atoms with Crippen molar-refractivity contribution in [3.05, 3.63) is 57.6 Å². The van der Waals surface area contributed by atoms with Crippen molar-refractivity contribution < 1.29 is 9.59 Å². The summed E-state index contributed by atoms with van der Waals surface area (Å²) < 4.78 is 0. The maximum Gasteiger partial charge on any atom is 0.240 e. The molecule has 36 heavy (non-hydrogen) atoms. The molecule has 3 saturated carbocycles. The van der Waals surface area contributed by atoms with Crippen LogP contribution >= 0.6 is 23.2 Å². The van der Waals surface area contributed by atoms with Crippen LogP contribution in [-0.2, 0) is 9.59 Å².